The lowest BCUT2D eigenvalue weighted by Gasteiger charge is -2.64. The lowest BCUT2D eigenvalue weighted by Crippen LogP contribution is -2.75. The number of benzene rings is 2. The molecule has 6 aliphatic heterocycles. The number of fused-ring (bicyclic) bond motifs is 1. The summed E-state index contributed by atoms with van der Waals surface area (Å²) in [5, 5.41) is 10.9. The molecule has 6 aliphatic rings. The standard InChI is InChI=1S/C37H52N4O5SSi/c1-8-12-24(42)23-29(43)39-19-17-36-26-14-9-10-15-27(26)41(47(44,45)21-22-48(5,6)7)33-37(36)18-20-40(34(36)39)31(32-35(2,3)46-32)25-13-11-16-28(30(25)37)38(33)4/h9-11,13-16,24,31-34,42H,8,12,17-23H2,1-7H3/t24-,31-,32+,33-,34+,36-,37-/m0/s1. The summed E-state index contributed by atoms with van der Waals surface area (Å²) in [6.07, 6.45) is 1.49. The number of para-hydroxylation sites is 1. The minimum absolute atomic E-state index is 0.0219. The minimum Gasteiger partial charge on any atom is -0.393 e. The van der Waals surface area contributed by atoms with Crippen molar-refractivity contribution < 1.29 is 23.1 Å². The monoisotopic (exact) mass is 692 g/mol. The van der Waals surface area contributed by atoms with Crippen LogP contribution in [0.3, 0.4) is 0 Å². The van der Waals surface area contributed by atoms with Crippen molar-refractivity contribution in [1.29, 1.82) is 0 Å². The van der Waals surface area contributed by atoms with Gasteiger partial charge in [0.05, 0.1) is 47.2 Å². The van der Waals surface area contributed by atoms with Gasteiger partial charge in [-0.25, -0.2) is 12.7 Å². The molecular formula is C37H52N4O5SSi. The predicted octanol–water partition coefficient (Wildman–Crippen LogP) is 5.17. The number of hydrogen-bond donors (Lipinski definition) is 1. The van der Waals surface area contributed by atoms with Gasteiger partial charge in [0.15, 0.2) is 0 Å². The quantitative estimate of drug-likeness (QED) is 0.286. The maximum absolute atomic E-state index is 14.9. The fourth-order valence-corrected chi connectivity index (χ4v) is 15.5. The van der Waals surface area contributed by atoms with Gasteiger partial charge in [-0.05, 0) is 68.0 Å². The molecule has 1 N–H and O–H groups in total. The van der Waals surface area contributed by atoms with Crippen LogP contribution in [-0.2, 0) is 30.4 Å². The number of carbonyl (C=O) groups excluding carboxylic acids is 1. The first-order valence-corrected chi connectivity index (χ1v) is 23.3. The minimum atomic E-state index is -3.74. The maximum Gasteiger partial charge on any atom is 0.236 e. The molecule has 9 nitrogen and oxygen atoms in total. The molecule has 11 heteroatoms. The van der Waals surface area contributed by atoms with Crippen molar-refractivity contribution in [2.24, 2.45) is 0 Å². The summed E-state index contributed by atoms with van der Waals surface area (Å²) in [5.74, 6) is 0.0990. The predicted molar refractivity (Wildman–Crippen MR) is 192 cm³/mol. The summed E-state index contributed by atoms with van der Waals surface area (Å²) in [6.45, 7) is 14.3. The van der Waals surface area contributed by atoms with Crippen LogP contribution in [-0.4, -0.2) is 93.3 Å². The second-order valence-corrected chi connectivity index (χ2v) is 24.6. The number of likely N-dealkylation sites (tertiary alicyclic amines) is 1. The first-order valence-electron chi connectivity index (χ1n) is 18.0. The summed E-state index contributed by atoms with van der Waals surface area (Å²) in [4.78, 5) is 21.3. The summed E-state index contributed by atoms with van der Waals surface area (Å²) in [6, 6.07) is 15.3. The average molecular weight is 693 g/mol. The lowest BCUT2D eigenvalue weighted by molar-refractivity contribution is -0.145. The lowest BCUT2D eigenvalue weighted by atomic mass is 9.50. The molecule has 3 saturated heterocycles. The number of ether oxygens (including phenoxy) is 1. The van der Waals surface area contributed by atoms with E-state index in [1.807, 2.05) is 29.4 Å². The number of aliphatic hydroxyl groups excluding tert-OH is 1. The summed E-state index contributed by atoms with van der Waals surface area (Å²) in [5.41, 5.74) is 3.86. The topological polar surface area (TPSA) is 96.9 Å². The van der Waals surface area contributed by atoms with E-state index >= 15 is 0 Å². The highest BCUT2D eigenvalue weighted by molar-refractivity contribution is 7.92. The zero-order valence-electron chi connectivity index (χ0n) is 29.6. The zero-order chi connectivity index (χ0) is 34.2. The van der Waals surface area contributed by atoms with Crippen molar-refractivity contribution in [3.8, 4) is 0 Å². The molecule has 3 fully saturated rings. The molecule has 260 valence electrons. The number of anilines is 2. The fourth-order valence-electron chi connectivity index (χ4n) is 10.7. The van der Waals surface area contributed by atoms with Gasteiger partial charge in [-0.3, -0.25) is 9.69 Å². The summed E-state index contributed by atoms with van der Waals surface area (Å²) < 4.78 is 38.1. The second kappa shape index (κ2) is 10.5. The Morgan fingerprint density at radius 3 is 2.40 bits per heavy atom. The zero-order valence-corrected chi connectivity index (χ0v) is 31.4. The molecule has 2 spiro atoms. The van der Waals surface area contributed by atoms with Crippen molar-refractivity contribution in [2.75, 3.05) is 35.1 Å². The van der Waals surface area contributed by atoms with Crippen LogP contribution in [0.15, 0.2) is 42.5 Å². The number of amides is 1. The molecule has 2 aromatic rings. The third kappa shape index (κ3) is 4.23. The molecule has 1 unspecified atom stereocenters. The Labute approximate surface area is 287 Å². The van der Waals surface area contributed by atoms with Crippen molar-refractivity contribution in [3.05, 3.63) is 59.2 Å². The number of likely N-dealkylation sites (N-methyl/N-ethyl adjacent to an activating group) is 1. The Kier molecular flexibility index (Phi) is 7.19. The van der Waals surface area contributed by atoms with Gasteiger partial charge in [0.25, 0.3) is 0 Å². The van der Waals surface area contributed by atoms with Crippen LogP contribution >= 0.6 is 0 Å². The number of hydrogen-bond acceptors (Lipinski definition) is 7. The number of sulfonamides is 1. The van der Waals surface area contributed by atoms with Crippen molar-refractivity contribution in [3.63, 3.8) is 0 Å². The number of piperidine rings is 1. The highest BCUT2D eigenvalue weighted by atomic mass is 32.2. The highest BCUT2D eigenvalue weighted by Gasteiger charge is 2.79. The number of epoxide rings is 1. The molecule has 1 amide bonds. The average Bonchev–Trinajstić information content (AvgIpc) is 3.41. The van der Waals surface area contributed by atoms with E-state index in [4.69, 9.17) is 4.74 Å². The van der Waals surface area contributed by atoms with Crippen LogP contribution in [0.4, 0.5) is 11.4 Å². The first kappa shape index (κ1) is 32.7. The SMILES string of the molecule is CCC[C@H](O)CC(=O)N1CC[C@@]23c4ccccc4N(S(=O)(=O)CC[Si](C)(C)C)[C@@H]4N(C)c5cccc6c5[C@@]42CCN([C@@H]13)[C@@H]6[C@H]1OC1(C)C. The van der Waals surface area contributed by atoms with Gasteiger partial charge in [-0.2, -0.15) is 0 Å². The molecule has 6 heterocycles. The smallest absolute Gasteiger partial charge is 0.236 e. The third-order valence-electron chi connectivity index (χ3n) is 12.7. The number of aliphatic hydroxyl groups is 1. The second-order valence-electron chi connectivity index (χ2n) is 17.0. The Bertz CT molecular complexity index is 1780. The highest BCUT2D eigenvalue weighted by Crippen LogP contribution is 2.73. The molecule has 48 heavy (non-hydrogen) atoms. The van der Waals surface area contributed by atoms with E-state index < -0.39 is 41.2 Å². The molecule has 0 radical (unpaired) electrons. The van der Waals surface area contributed by atoms with Gasteiger partial charge < -0.3 is 19.6 Å². The van der Waals surface area contributed by atoms with Crippen molar-refractivity contribution in [1.82, 2.24) is 9.80 Å². The molecule has 2 aromatic carbocycles. The van der Waals surface area contributed by atoms with E-state index in [1.165, 1.54) is 11.1 Å². The largest absolute Gasteiger partial charge is 0.393 e. The Morgan fingerprint density at radius 1 is 1.02 bits per heavy atom. The molecule has 0 aliphatic carbocycles. The van der Waals surface area contributed by atoms with Gasteiger partial charge in [-0.1, -0.05) is 63.3 Å². The first-order chi connectivity index (χ1) is 22.6. The fraction of sp³-hybridized carbons (Fsp3) is 0.649. The van der Waals surface area contributed by atoms with E-state index in [1.54, 1.807) is 0 Å². The van der Waals surface area contributed by atoms with E-state index in [0.29, 0.717) is 19.0 Å². The van der Waals surface area contributed by atoms with Crippen LogP contribution in [0.1, 0.15) is 75.6 Å². The van der Waals surface area contributed by atoms with Gasteiger partial charge in [0, 0.05) is 39.3 Å². The third-order valence-corrected chi connectivity index (χ3v) is 16.5. The van der Waals surface area contributed by atoms with Gasteiger partial charge in [0.2, 0.25) is 15.9 Å². The van der Waals surface area contributed by atoms with Crippen molar-refractivity contribution in [2.45, 2.75) is 126 Å². The Morgan fingerprint density at radius 2 is 1.71 bits per heavy atom. The Hall–Kier alpha value is -2.44. The van der Waals surface area contributed by atoms with Gasteiger partial charge in [-0.15, -0.1) is 0 Å². The molecular weight excluding hydrogens is 641 g/mol. The van der Waals surface area contributed by atoms with Crippen LogP contribution in [0.5, 0.6) is 0 Å². The maximum atomic E-state index is 14.9. The van der Waals surface area contributed by atoms with E-state index in [9.17, 15) is 18.3 Å². The van der Waals surface area contributed by atoms with Gasteiger partial charge >= 0.3 is 0 Å². The molecule has 8 atom stereocenters. The Balaban J connectivity index is 1.41. The number of nitrogens with zero attached hydrogens (tertiary/aromatic N) is 4. The van der Waals surface area contributed by atoms with Crippen molar-refractivity contribution >= 4 is 35.4 Å². The number of carbonyl (C=O) groups is 1. The summed E-state index contributed by atoms with van der Waals surface area (Å²) >= 11 is 0. The van der Waals surface area contributed by atoms with E-state index in [-0.39, 0.29) is 42.0 Å². The van der Waals surface area contributed by atoms with Crippen LogP contribution in [0.2, 0.25) is 25.7 Å². The van der Waals surface area contributed by atoms with Crippen LogP contribution in [0.25, 0.3) is 0 Å². The van der Waals surface area contributed by atoms with Gasteiger partial charge in [0.1, 0.15) is 12.3 Å². The molecule has 2 bridgehead atoms. The van der Waals surface area contributed by atoms with Crippen LogP contribution in [0, 0.1) is 0 Å². The van der Waals surface area contributed by atoms with Crippen LogP contribution < -0.4 is 9.21 Å². The molecule has 8 rings (SSSR count). The molecule has 0 aromatic heterocycles. The van der Waals surface area contributed by atoms with E-state index in [2.05, 4.69) is 79.5 Å². The number of rotatable bonds is 9. The normalized spacial score (nSPS) is 34.4. The molecule has 0 saturated carbocycles. The van der Waals surface area contributed by atoms with E-state index in [0.717, 1.165) is 42.7 Å². The summed E-state index contributed by atoms with van der Waals surface area (Å²) in [7, 11) is -3.33.